The minimum absolute atomic E-state index is 0.424. The predicted molar refractivity (Wildman–Crippen MR) is 114 cm³/mol. The summed E-state index contributed by atoms with van der Waals surface area (Å²) in [5, 5.41) is 9.20. The van der Waals surface area contributed by atoms with Gasteiger partial charge in [-0.05, 0) is 39.0 Å². The van der Waals surface area contributed by atoms with Crippen molar-refractivity contribution in [2.75, 3.05) is 5.75 Å². The minimum atomic E-state index is -0.713. The van der Waals surface area contributed by atoms with Crippen LogP contribution in [0, 0.1) is 5.41 Å². The maximum absolute atomic E-state index is 11.2. The number of hydrogen-bond acceptors (Lipinski definition) is 2. The summed E-state index contributed by atoms with van der Waals surface area (Å²) in [4.78, 5) is 11.2. The van der Waals surface area contributed by atoms with Crippen LogP contribution in [0.5, 0.6) is 0 Å². The van der Waals surface area contributed by atoms with Crippen molar-refractivity contribution < 1.29 is 9.90 Å². The minimum Gasteiger partial charge on any atom is -0.481 e. The summed E-state index contributed by atoms with van der Waals surface area (Å²) in [6.07, 6.45) is 23.4. The quantitative estimate of drug-likeness (QED) is 0.149. The van der Waals surface area contributed by atoms with Gasteiger partial charge in [0.25, 0.3) is 0 Å². The Labute approximate surface area is 162 Å². The van der Waals surface area contributed by atoms with Crippen molar-refractivity contribution in [1.82, 2.24) is 0 Å². The van der Waals surface area contributed by atoms with Crippen molar-refractivity contribution in [2.45, 2.75) is 110 Å². The van der Waals surface area contributed by atoms with Crippen LogP contribution in [0.4, 0.5) is 0 Å². The zero-order valence-electron chi connectivity index (χ0n) is 16.8. The number of carboxylic acids is 1. The van der Waals surface area contributed by atoms with E-state index in [9.17, 15) is 9.90 Å². The third-order valence-electron chi connectivity index (χ3n) is 5.11. The Balaban J connectivity index is 3.33. The number of aliphatic carboxylic acids is 1. The van der Waals surface area contributed by atoms with E-state index in [-0.39, 0.29) is 0 Å². The molecule has 148 valence electrons. The van der Waals surface area contributed by atoms with Gasteiger partial charge >= 0.3 is 5.97 Å². The van der Waals surface area contributed by atoms with E-state index >= 15 is 0 Å². The average Bonchev–Trinajstić information content (AvgIpc) is 2.61. The first-order valence-electron chi connectivity index (χ1n) is 10.6. The molecular formula is C22H42O2S. The Bertz CT molecular complexity index is 341. The number of carbonyl (C=O) groups is 1. The van der Waals surface area contributed by atoms with E-state index in [0.717, 1.165) is 19.3 Å². The van der Waals surface area contributed by atoms with Crippen molar-refractivity contribution in [3.8, 4) is 0 Å². The van der Waals surface area contributed by atoms with Crippen LogP contribution in [-0.2, 0) is 4.79 Å². The second kappa shape index (κ2) is 17.0. The first-order chi connectivity index (χ1) is 12.1. The maximum atomic E-state index is 11.2. The topological polar surface area (TPSA) is 37.3 Å². The summed E-state index contributed by atoms with van der Waals surface area (Å²) in [5.74, 6) is -0.289. The highest BCUT2D eigenvalue weighted by molar-refractivity contribution is 7.80. The number of hydrogen-bond donors (Lipinski definition) is 2. The van der Waals surface area contributed by atoms with Crippen LogP contribution < -0.4 is 0 Å². The van der Waals surface area contributed by atoms with E-state index in [1.54, 1.807) is 6.92 Å². The zero-order chi connectivity index (χ0) is 18.8. The fourth-order valence-corrected chi connectivity index (χ4v) is 3.31. The van der Waals surface area contributed by atoms with E-state index in [0.29, 0.717) is 5.75 Å². The normalized spacial score (nSPS) is 14.0. The van der Waals surface area contributed by atoms with Crippen LogP contribution in [0.2, 0.25) is 0 Å². The zero-order valence-corrected chi connectivity index (χ0v) is 17.7. The van der Waals surface area contributed by atoms with E-state index in [4.69, 9.17) is 0 Å². The molecular weight excluding hydrogens is 328 g/mol. The highest BCUT2D eigenvalue weighted by atomic mass is 32.1. The molecule has 1 N–H and O–H groups in total. The predicted octanol–water partition coefficient (Wildman–Crippen LogP) is 7.43. The summed E-state index contributed by atoms with van der Waals surface area (Å²) in [6, 6.07) is 0. The Morgan fingerprint density at radius 1 is 0.840 bits per heavy atom. The summed E-state index contributed by atoms with van der Waals surface area (Å²) >= 11 is 4.18. The van der Waals surface area contributed by atoms with Crippen LogP contribution in [0.25, 0.3) is 0 Å². The van der Waals surface area contributed by atoms with Crippen molar-refractivity contribution in [2.24, 2.45) is 5.41 Å². The molecule has 0 fully saturated rings. The van der Waals surface area contributed by atoms with E-state index in [2.05, 4.69) is 31.7 Å². The van der Waals surface area contributed by atoms with Gasteiger partial charge in [0.15, 0.2) is 0 Å². The molecule has 0 saturated carbocycles. The number of unbranched alkanes of at least 4 members (excludes halogenated alkanes) is 12. The SMILES string of the molecule is CCCCCCCC/C=C\CCCCCCCCC(C)(CS)C(=O)O. The van der Waals surface area contributed by atoms with Crippen molar-refractivity contribution >= 4 is 18.6 Å². The third kappa shape index (κ3) is 14.4. The van der Waals surface area contributed by atoms with Gasteiger partial charge in [-0.25, -0.2) is 0 Å². The van der Waals surface area contributed by atoms with E-state index in [1.165, 1.54) is 77.0 Å². The number of carboxylic acid groups (broad SMARTS) is 1. The van der Waals surface area contributed by atoms with Gasteiger partial charge in [-0.1, -0.05) is 83.3 Å². The van der Waals surface area contributed by atoms with Gasteiger partial charge in [0.1, 0.15) is 0 Å². The molecule has 3 heteroatoms. The molecule has 1 unspecified atom stereocenters. The fraction of sp³-hybridized carbons (Fsp3) is 0.864. The maximum Gasteiger partial charge on any atom is 0.310 e. The molecule has 0 aromatic carbocycles. The average molecular weight is 371 g/mol. The van der Waals surface area contributed by atoms with Crippen LogP contribution in [-0.4, -0.2) is 16.8 Å². The van der Waals surface area contributed by atoms with E-state index < -0.39 is 11.4 Å². The molecule has 0 bridgehead atoms. The molecule has 0 rings (SSSR count). The second-order valence-electron chi connectivity index (χ2n) is 7.71. The molecule has 2 nitrogen and oxygen atoms in total. The molecule has 0 radical (unpaired) electrons. The van der Waals surface area contributed by atoms with Crippen LogP contribution in [0.15, 0.2) is 12.2 Å². The van der Waals surface area contributed by atoms with Gasteiger partial charge in [0, 0.05) is 5.75 Å². The Morgan fingerprint density at radius 3 is 1.72 bits per heavy atom. The highest BCUT2D eigenvalue weighted by Crippen LogP contribution is 2.26. The molecule has 0 aliphatic heterocycles. The molecule has 0 aromatic rings. The molecule has 25 heavy (non-hydrogen) atoms. The summed E-state index contributed by atoms with van der Waals surface area (Å²) in [5.41, 5.74) is -0.649. The van der Waals surface area contributed by atoms with Crippen molar-refractivity contribution in [3.05, 3.63) is 12.2 Å². The van der Waals surface area contributed by atoms with E-state index in [1.807, 2.05) is 0 Å². The van der Waals surface area contributed by atoms with Crippen LogP contribution in [0.1, 0.15) is 110 Å². The Morgan fingerprint density at radius 2 is 1.28 bits per heavy atom. The summed E-state index contributed by atoms with van der Waals surface area (Å²) < 4.78 is 0. The van der Waals surface area contributed by atoms with Gasteiger partial charge in [0.05, 0.1) is 5.41 Å². The van der Waals surface area contributed by atoms with Gasteiger partial charge < -0.3 is 5.11 Å². The third-order valence-corrected chi connectivity index (χ3v) is 5.80. The Hall–Kier alpha value is -0.440. The lowest BCUT2D eigenvalue weighted by molar-refractivity contribution is -0.147. The Kier molecular flexibility index (Phi) is 16.7. The number of rotatable bonds is 18. The molecule has 0 aliphatic carbocycles. The van der Waals surface area contributed by atoms with Gasteiger partial charge in [0.2, 0.25) is 0 Å². The summed E-state index contributed by atoms with van der Waals surface area (Å²) in [6.45, 7) is 4.07. The fourth-order valence-electron chi connectivity index (χ4n) is 3.02. The van der Waals surface area contributed by atoms with Gasteiger partial charge in [-0.15, -0.1) is 0 Å². The second-order valence-corrected chi connectivity index (χ2v) is 8.03. The number of allylic oxidation sites excluding steroid dienone is 2. The van der Waals surface area contributed by atoms with Crippen molar-refractivity contribution in [3.63, 3.8) is 0 Å². The first kappa shape index (κ1) is 24.6. The van der Waals surface area contributed by atoms with Crippen LogP contribution >= 0.6 is 12.6 Å². The van der Waals surface area contributed by atoms with Crippen molar-refractivity contribution in [1.29, 1.82) is 0 Å². The number of thiol groups is 1. The molecule has 0 spiro atoms. The monoisotopic (exact) mass is 370 g/mol. The lowest BCUT2D eigenvalue weighted by atomic mass is 9.86. The van der Waals surface area contributed by atoms with Crippen LogP contribution in [0.3, 0.4) is 0 Å². The lowest BCUT2D eigenvalue weighted by Crippen LogP contribution is -2.29. The van der Waals surface area contributed by atoms with Gasteiger partial charge in [-0.2, -0.15) is 12.6 Å². The molecule has 1 atom stereocenters. The largest absolute Gasteiger partial charge is 0.481 e. The molecule has 0 aliphatic rings. The molecule has 0 heterocycles. The molecule has 0 amide bonds. The molecule has 0 aromatic heterocycles. The van der Waals surface area contributed by atoms with Gasteiger partial charge in [-0.3, -0.25) is 4.79 Å². The summed E-state index contributed by atoms with van der Waals surface area (Å²) in [7, 11) is 0. The highest BCUT2D eigenvalue weighted by Gasteiger charge is 2.30. The lowest BCUT2D eigenvalue weighted by Gasteiger charge is -2.22. The smallest absolute Gasteiger partial charge is 0.310 e. The molecule has 0 saturated heterocycles. The first-order valence-corrected chi connectivity index (χ1v) is 11.2. The standard InChI is InChI=1S/C22H42O2S/c1-3-4-5-6-7-8-9-10-11-12-13-14-15-16-17-18-19-22(2,20-25)21(23)24/h10-11,25H,3-9,12-20H2,1-2H3,(H,23,24)/b11-10-.